The van der Waals surface area contributed by atoms with Crippen LogP contribution in [0.2, 0.25) is 0 Å². The van der Waals surface area contributed by atoms with Gasteiger partial charge >= 0.3 is 0 Å². The van der Waals surface area contributed by atoms with E-state index < -0.39 is 0 Å². The van der Waals surface area contributed by atoms with Crippen molar-refractivity contribution < 1.29 is 4.52 Å². The predicted molar refractivity (Wildman–Crippen MR) is 78.3 cm³/mol. The van der Waals surface area contributed by atoms with Gasteiger partial charge in [0.25, 0.3) is 0 Å². The highest BCUT2D eigenvalue weighted by atomic mass is 16.5. The van der Waals surface area contributed by atoms with Gasteiger partial charge in [-0.15, -0.1) is 0 Å². The number of para-hydroxylation sites is 1. The summed E-state index contributed by atoms with van der Waals surface area (Å²) in [7, 11) is 3.96. The van der Waals surface area contributed by atoms with Crippen molar-refractivity contribution in [3.05, 3.63) is 36.4 Å². The van der Waals surface area contributed by atoms with E-state index in [-0.39, 0.29) is 0 Å². The molecule has 1 aromatic carbocycles. The highest BCUT2D eigenvalue weighted by Gasteiger charge is 2.15. The Morgan fingerprint density at radius 1 is 1.25 bits per heavy atom. The molecule has 0 unspecified atom stereocenters. The molecule has 0 radical (unpaired) electrons. The lowest BCUT2D eigenvalue weighted by molar-refractivity contribution is 0.303. The summed E-state index contributed by atoms with van der Waals surface area (Å²) in [5.41, 5.74) is 2.22. The van der Waals surface area contributed by atoms with E-state index in [0.29, 0.717) is 18.3 Å². The van der Waals surface area contributed by atoms with Crippen LogP contribution in [0.5, 0.6) is 0 Å². The van der Waals surface area contributed by atoms with Crippen molar-refractivity contribution in [3.8, 4) is 11.4 Å². The molecule has 2 heterocycles. The molecule has 0 saturated carbocycles. The zero-order valence-electron chi connectivity index (χ0n) is 12.0. The van der Waals surface area contributed by atoms with Crippen LogP contribution < -0.4 is 0 Å². The van der Waals surface area contributed by atoms with E-state index in [1.807, 2.05) is 31.1 Å². The molecule has 104 valence electrons. The van der Waals surface area contributed by atoms with Crippen molar-refractivity contribution >= 4 is 10.9 Å². The Bertz CT molecular complexity index is 726. The highest BCUT2D eigenvalue weighted by molar-refractivity contribution is 5.94. The highest BCUT2D eigenvalue weighted by Crippen LogP contribution is 2.28. The van der Waals surface area contributed by atoms with Crippen LogP contribution in [-0.4, -0.2) is 33.7 Å². The number of hydrogen-bond acceptors (Lipinski definition) is 4. The van der Waals surface area contributed by atoms with Crippen molar-refractivity contribution in [2.24, 2.45) is 0 Å². The Balaban J connectivity index is 2.07. The van der Waals surface area contributed by atoms with Gasteiger partial charge in [-0.05, 0) is 27.1 Å². The van der Waals surface area contributed by atoms with Gasteiger partial charge < -0.3 is 14.0 Å². The monoisotopic (exact) mass is 270 g/mol. The van der Waals surface area contributed by atoms with Gasteiger partial charge in [0.05, 0.1) is 6.54 Å². The van der Waals surface area contributed by atoms with Crippen molar-refractivity contribution in [1.29, 1.82) is 0 Å². The molecule has 0 aliphatic heterocycles. The van der Waals surface area contributed by atoms with E-state index in [2.05, 4.69) is 40.0 Å². The second kappa shape index (κ2) is 5.09. The second-order valence-corrected chi connectivity index (χ2v) is 5.10. The summed E-state index contributed by atoms with van der Waals surface area (Å²) in [6.07, 6.45) is 2.09. The average molecular weight is 270 g/mol. The largest absolute Gasteiger partial charge is 0.347 e. The summed E-state index contributed by atoms with van der Waals surface area (Å²) in [6.45, 7) is 3.70. The second-order valence-electron chi connectivity index (χ2n) is 5.10. The standard InChI is InChI=1S/C15H18N4O/c1-4-19-9-12(11-7-5-6-8-13(11)19)15-16-14(20-17-15)10-18(2)3/h5-9H,4,10H2,1-3H3. The molecule has 0 fully saturated rings. The van der Waals surface area contributed by atoms with Crippen molar-refractivity contribution in [1.82, 2.24) is 19.6 Å². The molecule has 0 aliphatic carbocycles. The first-order valence-corrected chi connectivity index (χ1v) is 6.74. The fourth-order valence-corrected chi connectivity index (χ4v) is 2.39. The molecular weight excluding hydrogens is 252 g/mol. The van der Waals surface area contributed by atoms with E-state index >= 15 is 0 Å². The smallest absolute Gasteiger partial charge is 0.241 e. The predicted octanol–water partition coefficient (Wildman–Crippen LogP) is 2.77. The SMILES string of the molecule is CCn1cc(-c2noc(CN(C)C)n2)c2ccccc21. The maximum absolute atomic E-state index is 5.31. The van der Waals surface area contributed by atoms with Crippen LogP contribution in [0.4, 0.5) is 0 Å². The summed E-state index contributed by atoms with van der Waals surface area (Å²) in [4.78, 5) is 6.49. The molecule has 5 nitrogen and oxygen atoms in total. The van der Waals surface area contributed by atoms with Crippen molar-refractivity contribution in [3.63, 3.8) is 0 Å². The number of aryl methyl sites for hydroxylation is 1. The van der Waals surface area contributed by atoms with Crippen LogP contribution >= 0.6 is 0 Å². The van der Waals surface area contributed by atoms with Crippen LogP contribution in [0, 0.1) is 0 Å². The quantitative estimate of drug-likeness (QED) is 0.731. The Kier molecular flexibility index (Phi) is 3.28. The Morgan fingerprint density at radius 2 is 2.05 bits per heavy atom. The van der Waals surface area contributed by atoms with Crippen molar-refractivity contribution in [2.45, 2.75) is 20.0 Å². The summed E-state index contributed by atoms with van der Waals surface area (Å²) in [6, 6.07) is 8.29. The molecule has 0 N–H and O–H groups in total. The molecular formula is C15H18N4O. The molecule has 3 aromatic rings. The van der Waals surface area contributed by atoms with Gasteiger partial charge in [0.15, 0.2) is 0 Å². The van der Waals surface area contributed by atoms with Gasteiger partial charge in [-0.25, -0.2) is 0 Å². The topological polar surface area (TPSA) is 47.1 Å². The van der Waals surface area contributed by atoms with E-state index in [0.717, 1.165) is 17.5 Å². The number of fused-ring (bicyclic) bond motifs is 1. The van der Waals surface area contributed by atoms with Crippen LogP contribution in [-0.2, 0) is 13.1 Å². The number of nitrogens with zero attached hydrogens (tertiary/aromatic N) is 4. The summed E-state index contributed by atoms with van der Waals surface area (Å²) in [5.74, 6) is 1.29. The fraction of sp³-hybridized carbons (Fsp3) is 0.333. The molecule has 20 heavy (non-hydrogen) atoms. The van der Waals surface area contributed by atoms with Crippen LogP contribution in [0.1, 0.15) is 12.8 Å². The molecule has 0 bridgehead atoms. The molecule has 0 spiro atoms. The first kappa shape index (κ1) is 12.9. The molecule has 0 amide bonds. The van der Waals surface area contributed by atoms with Crippen LogP contribution in [0.15, 0.2) is 35.0 Å². The van der Waals surface area contributed by atoms with Crippen molar-refractivity contribution in [2.75, 3.05) is 14.1 Å². The zero-order valence-corrected chi connectivity index (χ0v) is 12.0. The average Bonchev–Trinajstić information content (AvgIpc) is 3.02. The normalized spacial score (nSPS) is 11.6. The van der Waals surface area contributed by atoms with Crippen LogP contribution in [0.25, 0.3) is 22.3 Å². The van der Waals surface area contributed by atoms with Gasteiger partial charge in [-0.1, -0.05) is 23.4 Å². The third-order valence-electron chi connectivity index (χ3n) is 3.29. The molecule has 0 atom stereocenters. The number of aromatic nitrogens is 3. The molecule has 2 aromatic heterocycles. The van der Waals surface area contributed by atoms with Gasteiger partial charge in [-0.2, -0.15) is 4.98 Å². The Labute approximate surface area is 117 Å². The van der Waals surface area contributed by atoms with E-state index in [4.69, 9.17) is 4.52 Å². The van der Waals surface area contributed by atoms with Gasteiger partial charge in [-0.3, -0.25) is 0 Å². The third kappa shape index (κ3) is 2.20. The molecule has 0 aliphatic rings. The lowest BCUT2D eigenvalue weighted by Gasteiger charge is -2.02. The lowest BCUT2D eigenvalue weighted by Crippen LogP contribution is -2.10. The Hall–Kier alpha value is -2.14. The number of benzene rings is 1. The zero-order chi connectivity index (χ0) is 14.1. The van der Waals surface area contributed by atoms with E-state index in [1.54, 1.807) is 0 Å². The summed E-state index contributed by atoms with van der Waals surface area (Å²) >= 11 is 0. The minimum atomic E-state index is 0.637. The van der Waals surface area contributed by atoms with E-state index in [1.165, 1.54) is 5.52 Å². The minimum Gasteiger partial charge on any atom is -0.347 e. The maximum atomic E-state index is 5.31. The number of rotatable bonds is 4. The summed E-state index contributed by atoms with van der Waals surface area (Å²) in [5, 5.41) is 5.27. The van der Waals surface area contributed by atoms with Gasteiger partial charge in [0.1, 0.15) is 0 Å². The maximum Gasteiger partial charge on any atom is 0.241 e. The van der Waals surface area contributed by atoms with Gasteiger partial charge in [0, 0.05) is 29.2 Å². The first-order chi connectivity index (χ1) is 9.69. The Morgan fingerprint density at radius 3 is 2.80 bits per heavy atom. The first-order valence-electron chi connectivity index (χ1n) is 6.74. The summed E-state index contributed by atoms with van der Waals surface area (Å²) < 4.78 is 7.51. The minimum absolute atomic E-state index is 0.637. The number of hydrogen-bond donors (Lipinski definition) is 0. The third-order valence-corrected chi connectivity index (χ3v) is 3.29. The van der Waals surface area contributed by atoms with Crippen LogP contribution in [0.3, 0.4) is 0 Å². The molecule has 0 saturated heterocycles. The lowest BCUT2D eigenvalue weighted by atomic mass is 10.2. The molecule has 3 rings (SSSR count). The van der Waals surface area contributed by atoms with E-state index in [9.17, 15) is 0 Å². The van der Waals surface area contributed by atoms with Gasteiger partial charge in [0.2, 0.25) is 11.7 Å². The fourth-order valence-electron chi connectivity index (χ4n) is 2.39. The molecule has 5 heteroatoms.